The molecule has 0 bridgehead atoms. The summed E-state index contributed by atoms with van der Waals surface area (Å²) in [7, 11) is 3.08. The number of phenols is 1. The largest absolute Gasteiger partial charge is 0.508 e. The van der Waals surface area contributed by atoms with Crippen LogP contribution in [0.5, 0.6) is 5.75 Å². The number of amides is 2. The lowest BCUT2D eigenvalue weighted by Gasteiger charge is -2.35. The molecule has 0 aliphatic heterocycles. The fourth-order valence-electron chi connectivity index (χ4n) is 3.68. The van der Waals surface area contributed by atoms with E-state index in [0.29, 0.717) is 24.2 Å². The number of likely N-dealkylation sites (N-methyl/N-ethyl adjacent to an activating group) is 1. The highest BCUT2D eigenvalue weighted by Gasteiger charge is 2.36. The Morgan fingerprint density at radius 1 is 1.03 bits per heavy atom. The molecule has 7 heteroatoms. The number of nitrogens with zero attached hydrogens (tertiary/aromatic N) is 2. The molecule has 0 heterocycles. The minimum Gasteiger partial charge on any atom is -0.508 e. The van der Waals surface area contributed by atoms with Gasteiger partial charge in [-0.1, -0.05) is 42.0 Å². The fourth-order valence-corrected chi connectivity index (χ4v) is 3.68. The van der Waals surface area contributed by atoms with E-state index in [1.165, 1.54) is 48.4 Å². The van der Waals surface area contributed by atoms with Crippen LogP contribution in [0.3, 0.4) is 0 Å². The van der Waals surface area contributed by atoms with Crippen molar-refractivity contribution in [3.05, 3.63) is 95.3 Å². The Kier molecular flexibility index (Phi) is 7.79. The SMILES string of the molecule is CO[C@H](C(=O)N(C)Cc1ccc(C)cc1)[C@@H](c1ccc(O)cc1)N(C=O)c1ccc(F)cc1. The van der Waals surface area contributed by atoms with Crippen LogP contribution in [0.15, 0.2) is 72.8 Å². The molecule has 33 heavy (non-hydrogen) atoms. The Balaban J connectivity index is 1.98. The van der Waals surface area contributed by atoms with Gasteiger partial charge < -0.3 is 19.6 Å². The first-order valence-electron chi connectivity index (χ1n) is 10.5. The summed E-state index contributed by atoms with van der Waals surface area (Å²) >= 11 is 0. The number of aryl methyl sites for hydroxylation is 1. The van der Waals surface area contributed by atoms with E-state index in [1.54, 1.807) is 24.1 Å². The van der Waals surface area contributed by atoms with Crippen LogP contribution in [0, 0.1) is 12.7 Å². The Morgan fingerprint density at radius 2 is 1.64 bits per heavy atom. The van der Waals surface area contributed by atoms with Gasteiger partial charge in [-0.2, -0.15) is 0 Å². The van der Waals surface area contributed by atoms with Gasteiger partial charge in [0.25, 0.3) is 5.91 Å². The molecule has 3 rings (SSSR count). The van der Waals surface area contributed by atoms with Crippen molar-refractivity contribution >= 4 is 18.0 Å². The Hall–Kier alpha value is -3.71. The second-order valence-corrected chi connectivity index (χ2v) is 7.86. The quantitative estimate of drug-likeness (QED) is 0.496. The van der Waals surface area contributed by atoms with Gasteiger partial charge in [0.2, 0.25) is 6.41 Å². The van der Waals surface area contributed by atoms with Crippen molar-refractivity contribution in [2.75, 3.05) is 19.1 Å². The molecule has 0 saturated heterocycles. The molecule has 2 amide bonds. The number of rotatable bonds is 9. The lowest BCUT2D eigenvalue weighted by molar-refractivity contribution is -0.142. The van der Waals surface area contributed by atoms with Gasteiger partial charge in [-0.05, 0) is 54.4 Å². The summed E-state index contributed by atoms with van der Waals surface area (Å²) in [6.07, 6.45) is -0.468. The van der Waals surface area contributed by atoms with Crippen molar-refractivity contribution in [2.45, 2.75) is 25.6 Å². The molecular weight excluding hydrogens is 423 g/mol. The summed E-state index contributed by atoms with van der Waals surface area (Å²) in [6.45, 7) is 2.35. The van der Waals surface area contributed by atoms with E-state index in [-0.39, 0.29) is 11.7 Å². The number of hydrogen-bond acceptors (Lipinski definition) is 4. The molecule has 0 saturated carbocycles. The van der Waals surface area contributed by atoms with E-state index < -0.39 is 18.0 Å². The third-order valence-electron chi connectivity index (χ3n) is 5.47. The molecule has 0 aliphatic carbocycles. The highest BCUT2D eigenvalue weighted by molar-refractivity contribution is 5.85. The standard InChI is InChI=1S/C26H27FN2O4/c1-18-4-6-19(7-5-18)16-28(2)26(32)25(33-3)24(20-8-14-23(31)15-9-20)29(17-30)22-12-10-21(27)11-13-22/h4-15,17,24-25,31H,16H2,1-3H3/t24-,25+/m1/s1. The van der Waals surface area contributed by atoms with Gasteiger partial charge >= 0.3 is 0 Å². The summed E-state index contributed by atoms with van der Waals surface area (Å²) in [4.78, 5) is 28.6. The normalized spacial score (nSPS) is 12.6. The maximum atomic E-state index is 13.5. The molecule has 0 radical (unpaired) electrons. The topological polar surface area (TPSA) is 70.1 Å². The Labute approximate surface area is 192 Å². The predicted octanol–water partition coefficient (Wildman–Crippen LogP) is 4.22. The molecule has 0 aromatic heterocycles. The van der Waals surface area contributed by atoms with Crippen molar-refractivity contribution in [2.24, 2.45) is 0 Å². The van der Waals surface area contributed by atoms with Crippen molar-refractivity contribution in [1.29, 1.82) is 0 Å². The van der Waals surface area contributed by atoms with E-state index in [9.17, 15) is 19.1 Å². The molecular formula is C26H27FN2O4. The molecule has 0 unspecified atom stereocenters. The van der Waals surface area contributed by atoms with Crippen LogP contribution < -0.4 is 4.90 Å². The number of halogens is 1. The number of phenolic OH excluding ortho intramolecular Hbond substituents is 1. The maximum absolute atomic E-state index is 13.5. The van der Waals surface area contributed by atoms with Crippen molar-refractivity contribution in [3.63, 3.8) is 0 Å². The van der Waals surface area contributed by atoms with Crippen LogP contribution in [-0.4, -0.2) is 42.6 Å². The van der Waals surface area contributed by atoms with Crippen LogP contribution in [0.2, 0.25) is 0 Å². The van der Waals surface area contributed by atoms with Gasteiger partial charge in [-0.25, -0.2) is 4.39 Å². The van der Waals surface area contributed by atoms with Gasteiger partial charge in [-0.3, -0.25) is 9.59 Å². The highest BCUT2D eigenvalue weighted by atomic mass is 19.1. The van der Waals surface area contributed by atoms with E-state index in [0.717, 1.165) is 11.1 Å². The number of ether oxygens (including phenoxy) is 1. The zero-order chi connectivity index (χ0) is 24.0. The van der Waals surface area contributed by atoms with Gasteiger partial charge in [0.15, 0.2) is 6.10 Å². The van der Waals surface area contributed by atoms with Crippen LogP contribution in [0.4, 0.5) is 10.1 Å². The summed E-state index contributed by atoms with van der Waals surface area (Å²) in [5.41, 5.74) is 3.06. The molecule has 3 aromatic carbocycles. The number of carbonyl (C=O) groups excluding carboxylic acids is 2. The maximum Gasteiger partial charge on any atom is 0.254 e. The molecule has 6 nitrogen and oxygen atoms in total. The summed E-state index contributed by atoms with van der Waals surface area (Å²) < 4.78 is 19.1. The van der Waals surface area contributed by atoms with Gasteiger partial charge in [0, 0.05) is 26.4 Å². The van der Waals surface area contributed by atoms with Crippen LogP contribution in [0.25, 0.3) is 0 Å². The summed E-state index contributed by atoms with van der Waals surface area (Å²) in [5.74, 6) is -0.721. The molecule has 3 aromatic rings. The van der Waals surface area contributed by atoms with Crippen LogP contribution in [-0.2, 0) is 20.9 Å². The number of hydrogen-bond donors (Lipinski definition) is 1. The first kappa shape index (κ1) is 23.9. The lowest BCUT2D eigenvalue weighted by atomic mass is 9.97. The molecule has 172 valence electrons. The van der Waals surface area contributed by atoms with Gasteiger partial charge in [-0.15, -0.1) is 0 Å². The highest BCUT2D eigenvalue weighted by Crippen LogP contribution is 2.32. The average molecular weight is 451 g/mol. The van der Waals surface area contributed by atoms with Crippen molar-refractivity contribution in [1.82, 2.24) is 4.90 Å². The van der Waals surface area contributed by atoms with E-state index in [1.807, 2.05) is 31.2 Å². The Bertz CT molecular complexity index is 1070. The zero-order valence-electron chi connectivity index (χ0n) is 18.8. The molecule has 0 aliphatic rings. The third kappa shape index (κ3) is 5.75. The van der Waals surface area contributed by atoms with Crippen LogP contribution in [0.1, 0.15) is 22.7 Å². The van der Waals surface area contributed by atoms with Crippen molar-refractivity contribution < 1.29 is 23.8 Å². The van der Waals surface area contributed by atoms with Gasteiger partial charge in [0.1, 0.15) is 11.6 Å². The molecule has 0 fully saturated rings. The second kappa shape index (κ2) is 10.7. The number of methoxy groups -OCH3 is 1. The molecule has 1 N–H and O–H groups in total. The lowest BCUT2D eigenvalue weighted by Crippen LogP contribution is -2.46. The van der Waals surface area contributed by atoms with E-state index in [4.69, 9.17) is 4.74 Å². The summed E-state index contributed by atoms with van der Waals surface area (Å²) in [5, 5.41) is 9.73. The molecule has 0 spiro atoms. The number of aromatic hydroxyl groups is 1. The van der Waals surface area contributed by atoms with Crippen LogP contribution >= 0.6 is 0 Å². The predicted molar refractivity (Wildman–Crippen MR) is 124 cm³/mol. The average Bonchev–Trinajstić information content (AvgIpc) is 2.82. The number of anilines is 1. The first-order valence-corrected chi connectivity index (χ1v) is 10.5. The minimum absolute atomic E-state index is 0.0497. The van der Waals surface area contributed by atoms with Crippen molar-refractivity contribution in [3.8, 4) is 5.75 Å². The summed E-state index contributed by atoms with van der Waals surface area (Å²) in [6, 6.07) is 18.6. The molecule has 2 atom stereocenters. The zero-order valence-corrected chi connectivity index (χ0v) is 18.8. The minimum atomic E-state index is -1.06. The Morgan fingerprint density at radius 3 is 2.18 bits per heavy atom. The monoisotopic (exact) mass is 450 g/mol. The van der Waals surface area contributed by atoms with E-state index >= 15 is 0 Å². The third-order valence-corrected chi connectivity index (χ3v) is 5.47. The second-order valence-electron chi connectivity index (χ2n) is 7.86. The van der Waals surface area contributed by atoms with Gasteiger partial charge in [0.05, 0.1) is 6.04 Å². The van der Waals surface area contributed by atoms with E-state index in [2.05, 4.69) is 0 Å². The fraction of sp³-hybridized carbons (Fsp3) is 0.231. The first-order chi connectivity index (χ1) is 15.8. The number of benzene rings is 3. The number of carbonyl (C=O) groups is 2. The smallest absolute Gasteiger partial charge is 0.254 e.